The van der Waals surface area contributed by atoms with Crippen LogP contribution in [0.4, 0.5) is 4.39 Å². The Morgan fingerprint density at radius 1 is 1.40 bits per heavy atom. The van der Waals surface area contributed by atoms with Crippen molar-refractivity contribution in [1.29, 1.82) is 0 Å². The third-order valence-corrected chi connectivity index (χ3v) is 4.30. The van der Waals surface area contributed by atoms with Gasteiger partial charge in [0, 0.05) is 6.61 Å². The molecule has 3 rings (SSSR count). The van der Waals surface area contributed by atoms with Crippen molar-refractivity contribution in [1.82, 2.24) is 15.1 Å². The zero-order valence-electron chi connectivity index (χ0n) is 13.7. The van der Waals surface area contributed by atoms with Crippen LogP contribution in [0.5, 0.6) is 0 Å². The molecule has 1 saturated heterocycles. The van der Waals surface area contributed by atoms with E-state index in [-0.39, 0.29) is 18.8 Å². The molecule has 0 aliphatic carbocycles. The second kappa shape index (κ2) is 6.64. The van der Waals surface area contributed by atoms with Gasteiger partial charge in [-0.25, -0.2) is 9.07 Å². The molecule has 1 aliphatic heterocycles. The molecule has 8 heteroatoms. The summed E-state index contributed by atoms with van der Waals surface area (Å²) < 4.78 is 19.9. The molecular formula is C17H18FN3O4. The van der Waals surface area contributed by atoms with E-state index in [9.17, 15) is 14.0 Å². The van der Waals surface area contributed by atoms with Gasteiger partial charge in [-0.1, -0.05) is 0 Å². The number of hydrogen-bond donors (Lipinski definition) is 2. The van der Waals surface area contributed by atoms with Crippen LogP contribution in [-0.4, -0.2) is 45.5 Å². The maximum absolute atomic E-state index is 13.1. The fourth-order valence-electron chi connectivity index (χ4n) is 2.96. The van der Waals surface area contributed by atoms with Gasteiger partial charge in [-0.2, -0.15) is 5.10 Å². The van der Waals surface area contributed by atoms with E-state index in [1.807, 2.05) is 0 Å². The van der Waals surface area contributed by atoms with Gasteiger partial charge in [0.1, 0.15) is 5.82 Å². The Labute approximate surface area is 143 Å². The van der Waals surface area contributed by atoms with E-state index in [1.54, 1.807) is 19.1 Å². The summed E-state index contributed by atoms with van der Waals surface area (Å²) in [6.07, 6.45) is 1.65. The highest BCUT2D eigenvalue weighted by Gasteiger charge is 2.39. The molecule has 132 valence electrons. The minimum absolute atomic E-state index is 0.163. The number of carboxylic acids is 1. The van der Waals surface area contributed by atoms with Crippen LogP contribution in [0.25, 0.3) is 5.69 Å². The highest BCUT2D eigenvalue weighted by molar-refractivity contribution is 5.96. The lowest BCUT2D eigenvalue weighted by Gasteiger charge is -2.26. The molecule has 1 atom stereocenters. The van der Waals surface area contributed by atoms with E-state index in [0.29, 0.717) is 30.0 Å². The molecule has 2 heterocycles. The van der Waals surface area contributed by atoms with E-state index < -0.39 is 17.4 Å². The van der Waals surface area contributed by atoms with Crippen LogP contribution in [0.1, 0.15) is 28.9 Å². The van der Waals surface area contributed by atoms with Crippen molar-refractivity contribution < 1.29 is 23.8 Å². The maximum atomic E-state index is 13.1. The summed E-state index contributed by atoms with van der Waals surface area (Å²) in [6.45, 7) is 2.29. The fourth-order valence-corrected chi connectivity index (χ4v) is 2.96. The van der Waals surface area contributed by atoms with Crippen LogP contribution in [0, 0.1) is 12.7 Å². The van der Waals surface area contributed by atoms with Crippen molar-refractivity contribution >= 4 is 11.9 Å². The molecule has 0 spiro atoms. The number of aromatic nitrogens is 2. The van der Waals surface area contributed by atoms with Gasteiger partial charge in [0.05, 0.1) is 41.7 Å². The summed E-state index contributed by atoms with van der Waals surface area (Å²) in [5, 5.41) is 16.1. The number of amides is 1. The lowest BCUT2D eigenvalue weighted by Crippen LogP contribution is -2.50. The molecule has 1 aliphatic rings. The molecule has 1 fully saturated rings. The Kier molecular flexibility index (Phi) is 4.54. The van der Waals surface area contributed by atoms with Gasteiger partial charge in [-0.05, 0) is 37.6 Å². The Morgan fingerprint density at radius 3 is 2.72 bits per heavy atom. The fraction of sp³-hybridized carbons (Fsp3) is 0.353. The number of aliphatic carboxylic acids is 1. The zero-order chi connectivity index (χ0) is 18.0. The van der Waals surface area contributed by atoms with Crippen LogP contribution in [0.15, 0.2) is 30.5 Å². The first-order valence-electron chi connectivity index (χ1n) is 7.83. The molecule has 2 N–H and O–H groups in total. The topological polar surface area (TPSA) is 93.5 Å². The third-order valence-electron chi connectivity index (χ3n) is 4.30. The van der Waals surface area contributed by atoms with Gasteiger partial charge in [0.15, 0.2) is 0 Å². The highest BCUT2D eigenvalue weighted by atomic mass is 19.1. The van der Waals surface area contributed by atoms with Crippen LogP contribution in [0.3, 0.4) is 0 Å². The Bertz CT molecular complexity index is 795. The van der Waals surface area contributed by atoms with Gasteiger partial charge in [-0.3, -0.25) is 9.59 Å². The summed E-state index contributed by atoms with van der Waals surface area (Å²) in [4.78, 5) is 23.7. The van der Waals surface area contributed by atoms with Crippen molar-refractivity contribution in [2.75, 3.05) is 13.2 Å². The maximum Gasteiger partial charge on any atom is 0.305 e. The number of nitrogens with one attached hydrogen (secondary N) is 1. The van der Waals surface area contributed by atoms with Gasteiger partial charge >= 0.3 is 5.97 Å². The molecule has 0 bridgehead atoms. The summed E-state index contributed by atoms with van der Waals surface area (Å²) in [5.41, 5.74) is 0.629. The van der Waals surface area contributed by atoms with Crippen molar-refractivity contribution in [3.63, 3.8) is 0 Å². The van der Waals surface area contributed by atoms with Crippen LogP contribution >= 0.6 is 0 Å². The van der Waals surface area contributed by atoms with E-state index in [1.165, 1.54) is 23.0 Å². The summed E-state index contributed by atoms with van der Waals surface area (Å²) in [7, 11) is 0. The molecule has 1 aromatic carbocycles. The molecule has 25 heavy (non-hydrogen) atoms. The number of nitrogens with zero attached hydrogens (tertiary/aromatic N) is 2. The molecule has 1 amide bonds. The van der Waals surface area contributed by atoms with Crippen molar-refractivity contribution in [3.05, 3.63) is 47.5 Å². The predicted octanol–water partition coefficient (Wildman–Crippen LogP) is 1.68. The Balaban J connectivity index is 1.83. The van der Waals surface area contributed by atoms with E-state index >= 15 is 0 Å². The van der Waals surface area contributed by atoms with Gasteiger partial charge < -0.3 is 15.2 Å². The molecule has 1 unspecified atom stereocenters. The summed E-state index contributed by atoms with van der Waals surface area (Å²) in [5.74, 6) is -1.76. The van der Waals surface area contributed by atoms with Gasteiger partial charge in [-0.15, -0.1) is 0 Å². The first-order valence-corrected chi connectivity index (χ1v) is 7.83. The zero-order valence-corrected chi connectivity index (χ0v) is 13.7. The molecule has 0 saturated carbocycles. The quantitative estimate of drug-likeness (QED) is 0.858. The monoisotopic (exact) mass is 347 g/mol. The number of halogens is 1. The number of rotatable bonds is 5. The number of carbonyl (C=O) groups is 2. The van der Waals surface area contributed by atoms with E-state index in [0.717, 1.165) is 0 Å². The van der Waals surface area contributed by atoms with Gasteiger partial charge in [0.2, 0.25) is 0 Å². The van der Waals surface area contributed by atoms with Crippen LogP contribution in [-0.2, 0) is 9.53 Å². The minimum atomic E-state index is -0.996. The average Bonchev–Trinajstić information content (AvgIpc) is 3.14. The van der Waals surface area contributed by atoms with E-state index in [4.69, 9.17) is 9.84 Å². The smallest absolute Gasteiger partial charge is 0.305 e. The Hall–Kier alpha value is -2.74. The third kappa shape index (κ3) is 3.53. The van der Waals surface area contributed by atoms with Crippen molar-refractivity contribution in [2.45, 2.75) is 25.3 Å². The molecular weight excluding hydrogens is 329 g/mol. The predicted molar refractivity (Wildman–Crippen MR) is 86.1 cm³/mol. The lowest BCUT2D eigenvalue weighted by atomic mass is 9.94. The summed E-state index contributed by atoms with van der Waals surface area (Å²) >= 11 is 0. The van der Waals surface area contributed by atoms with Crippen LogP contribution < -0.4 is 5.32 Å². The summed E-state index contributed by atoms with van der Waals surface area (Å²) in [6, 6.07) is 5.75. The standard InChI is InChI=1S/C17H18FN3O4/c1-11-14(9-19-21(11)13-4-2-12(18)3-5-13)16(24)20-17(8-15(22)23)6-7-25-10-17/h2-5,9H,6-8,10H2,1H3,(H,20,24)(H,22,23). The molecule has 7 nitrogen and oxygen atoms in total. The van der Waals surface area contributed by atoms with Crippen molar-refractivity contribution in [3.8, 4) is 5.69 Å². The SMILES string of the molecule is Cc1c(C(=O)NC2(CC(=O)O)CCOC2)cnn1-c1ccc(F)cc1. The normalized spacial score (nSPS) is 19.8. The number of carbonyl (C=O) groups excluding carboxylic acids is 1. The molecule has 2 aromatic rings. The first kappa shape index (κ1) is 17.1. The van der Waals surface area contributed by atoms with Gasteiger partial charge in [0.25, 0.3) is 5.91 Å². The van der Waals surface area contributed by atoms with E-state index in [2.05, 4.69) is 10.4 Å². The second-order valence-electron chi connectivity index (χ2n) is 6.14. The lowest BCUT2D eigenvalue weighted by molar-refractivity contribution is -0.138. The van der Waals surface area contributed by atoms with Crippen LogP contribution in [0.2, 0.25) is 0 Å². The number of carboxylic acid groups (broad SMARTS) is 1. The minimum Gasteiger partial charge on any atom is -0.481 e. The number of ether oxygens (including phenoxy) is 1. The molecule has 1 aromatic heterocycles. The first-order chi connectivity index (χ1) is 11.9. The average molecular weight is 347 g/mol. The number of benzene rings is 1. The second-order valence-corrected chi connectivity index (χ2v) is 6.14. The largest absolute Gasteiger partial charge is 0.481 e. The number of hydrogen-bond acceptors (Lipinski definition) is 4. The Morgan fingerprint density at radius 2 is 2.12 bits per heavy atom. The van der Waals surface area contributed by atoms with Crippen molar-refractivity contribution in [2.24, 2.45) is 0 Å². The highest BCUT2D eigenvalue weighted by Crippen LogP contribution is 2.24. The molecule has 0 radical (unpaired) electrons.